The highest BCUT2D eigenvalue weighted by Crippen LogP contribution is 2.14. The lowest BCUT2D eigenvalue weighted by Crippen LogP contribution is -2.38. The molecule has 0 amide bonds. The Morgan fingerprint density at radius 1 is 1.25 bits per heavy atom. The number of hydrogen-bond acceptors (Lipinski definition) is 5. The molecule has 0 saturated heterocycles. The highest BCUT2D eigenvalue weighted by molar-refractivity contribution is 5.76. The Morgan fingerprint density at radius 3 is 2.59 bits per heavy atom. The fraction of sp³-hybridized carbons (Fsp3) is 0.615. The number of unbranched alkanes of at least 4 members (excludes halogenated alkanes) is 1. The lowest BCUT2D eigenvalue weighted by molar-refractivity contribution is 0.180. The third-order valence-electron chi connectivity index (χ3n) is 5.83. The quantitative estimate of drug-likeness (QED) is 0.198. The van der Waals surface area contributed by atoms with Crippen LogP contribution in [0.25, 0.3) is 0 Å². The molecule has 0 spiro atoms. The zero-order valence-electron chi connectivity index (χ0n) is 20.7. The smallest absolute Gasteiger partial charge is 0.126 e. The van der Waals surface area contributed by atoms with Gasteiger partial charge in [-0.3, -0.25) is 4.99 Å². The van der Waals surface area contributed by atoms with E-state index in [9.17, 15) is 4.39 Å². The molecule has 0 fully saturated rings. The van der Waals surface area contributed by atoms with Gasteiger partial charge in [0.1, 0.15) is 12.0 Å². The van der Waals surface area contributed by atoms with Gasteiger partial charge in [0.25, 0.3) is 0 Å². The molecule has 0 aliphatic heterocycles. The lowest BCUT2D eigenvalue weighted by Gasteiger charge is -2.28. The zero-order chi connectivity index (χ0) is 23.9. The number of aryl methyl sites for hydroxylation is 2. The summed E-state index contributed by atoms with van der Waals surface area (Å²) in [6.45, 7) is 16.4. The molecule has 1 aromatic rings. The highest BCUT2D eigenvalue weighted by atomic mass is 19.1. The number of anilines is 1. The Hall–Kier alpha value is -2.21. The van der Waals surface area contributed by atoms with E-state index >= 15 is 0 Å². The maximum Gasteiger partial charge on any atom is 0.126 e. The van der Waals surface area contributed by atoms with Crippen molar-refractivity contribution < 1.29 is 4.39 Å². The third kappa shape index (κ3) is 10.4. The van der Waals surface area contributed by atoms with Crippen LogP contribution in [0.4, 0.5) is 10.2 Å². The number of nitrogen functional groups attached to an aromatic ring is 1. The van der Waals surface area contributed by atoms with E-state index in [0.29, 0.717) is 18.8 Å². The van der Waals surface area contributed by atoms with Gasteiger partial charge < -0.3 is 16.0 Å². The first-order valence-corrected chi connectivity index (χ1v) is 12.0. The Bertz CT molecular complexity index is 731. The molecule has 1 aromatic heterocycles. The molecule has 2 atom stereocenters. The number of nitrogens with two attached hydrogens (primary N) is 1. The Labute approximate surface area is 195 Å². The second-order valence-corrected chi connectivity index (χ2v) is 8.37. The number of rotatable bonds is 17. The van der Waals surface area contributed by atoms with Crippen molar-refractivity contribution in [2.24, 2.45) is 4.99 Å². The second kappa shape index (κ2) is 15.6. The van der Waals surface area contributed by atoms with E-state index in [4.69, 9.17) is 5.73 Å². The average Bonchev–Trinajstić information content (AvgIpc) is 2.78. The van der Waals surface area contributed by atoms with Gasteiger partial charge >= 0.3 is 0 Å². The molecule has 0 radical (unpaired) electrons. The predicted molar refractivity (Wildman–Crippen MR) is 137 cm³/mol. The second-order valence-electron chi connectivity index (χ2n) is 8.37. The summed E-state index contributed by atoms with van der Waals surface area (Å²) in [5.41, 5.74) is 10.1. The first-order valence-electron chi connectivity index (χ1n) is 12.0. The van der Waals surface area contributed by atoms with E-state index < -0.39 is 6.17 Å². The molecule has 3 N–H and O–H groups in total. The lowest BCUT2D eigenvalue weighted by atomic mass is 10.0. The van der Waals surface area contributed by atoms with Gasteiger partial charge in [-0.25, -0.2) is 9.37 Å². The van der Waals surface area contributed by atoms with Crippen LogP contribution >= 0.6 is 0 Å². The van der Waals surface area contributed by atoms with E-state index in [1.54, 1.807) is 13.3 Å². The third-order valence-corrected chi connectivity index (χ3v) is 5.83. The summed E-state index contributed by atoms with van der Waals surface area (Å²) in [7, 11) is 1.73. The Balaban J connectivity index is 2.62. The standard InChI is InChI=1S/C26H44FN5/c1-7-20(4)25(30-21(5)18-29-6)15-17-32(19-23(27)9-3)16-11-10-12-24-14-13-22(8-2)26(28)31-24/h13-14,18,23,25,30H,4-5,7-12,15-17,19H2,1-3,6H3,(H2,28,31). The van der Waals surface area contributed by atoms with Gasteiger partial charge in [-0.05, 0) is 63.1 Å². The summed E-state index contributed by atoms with van der Waals surface area (Å²) in [6, 6.07) is 4.25. The van der Waals surface area contributed by atoms with Gasteiger partial charge in [-0.15, -0.1) is 0 Å². The maximum atomic E-state index is 14.2. The molecule has 6 heteroatoms. The molecule has 0 bridgehead atoms. The van der Waals surface area contributed by atoms with Crippen molar-refractivity contribution in [2.75, 3.05) is 32.4 Å². The van der Waals surface area contributed by atoms with Crippen LogP contribution in [0, 0.1) is 0 Å². The van der Waals surface area contributed by atoms with Crippen molar-refractivity contribution in [3.8, 4) is 0 Å². The van der Waals surface area contributed by atoms with Gasteiger partial charge in [0.15, 0.2) is 0 Å². The summed E-state index contributed by atoms with van der Waals surface area (Å²) < 4.78 is 14.2. The van der Waals surface area contributed by atoms with Crippen molar-refractivity contribution in [3.63, 3.8) is 0 Å². The van der Waals surface area contributed by atoms with Crippen LogP contribution < -0.4 is 11.1 Å². The highest BCUT2D eigenvalue weighted by Gasteiger charge is 2.16. The van der Waals surface area contributed by atoms with Crippen LogP contribution in [0.1, 0.15) is 64.1 Å². The molecule has 2 unspecified atom stereocenters. The van der Waals surface area contributed by atoms with E-state index in [-0.39, 0.29) is 6.04 Å². The Morgan fingerprint density at radius 2 is 2.00 bits per heavy atom. The largest absolute Gasteiger partial charge is 0.383 e. The first kappa shape index (κ1) is 27.8. The summed E-state index contributed by atoms with van der Waals surface area (Å²) in [6.07, 6.45) is 6.99. The molecular weight excluding hydrogens is 401 g/mol. The van der Waals surface area contributed by atoms with E-state index in [1.807, 2.05) is 6.92 Å². The van der Waals surface area contributed by atoms with Gasteiger partial charge in [0.2, 0.25) is 0 Å². The molecule has 32 heavy (non-hydrogen) atoms. The van der Waals surface area contributed by atoms with Crippen LogP contribution in [0.15, 0.2) is 41.6 Å². The van der Waals surface area contributed by atoms with Crippen LogP contribution in [-0.4, -0.2) is 55.0 Å². The van der Waals surface area contributed by atoms with Crippen LogP contribution in [0.2, 0.25) is 0 Å². The number of aliphatic imine (C=N–C) groups is 1. The molecule has 0 aliphatic rings. The van der Waals surface area contributed by atoms with E-state index in [1.165, 1.54) is 0 Å². The van der Waals surface area contributed by atoms with Gasteiger partial charge in [-0.1, -0.05) is 45.6 Å². The number of aromatic nitrogens is 1. The van der Waals surface area contributed by atoms with Gasteiger partial charge in [-0.2, -0.15) is 0 Å². The van der Waals surface area contributed by atoms with Crippen LogP contribution in [-0.2, 0) is 12.8 Å². The summed E-state index contributed by atoms with van der Waals surface area (Å²) in [5, 5.41) is 3.41. The molecular formula is C26H44FN5. The minimum Gasteiger partial charge on any atom is -0.383 e. The minimum absolute atomic E-state index is 0.108. The number of pyridine rings is 1. The van der Waals surface area contributed by atoms with Crippen molar-refractivity contribution in [3.05, 3.63) is 47.8 Å². The predicted octanol–water partition coefficient (Wildman–Crippen LogP) is 5.13. The number of nitrogens with zero attached hydrogens (tertiary/aromatic N) is 3. The van der Waals surface area contributed by atoms with Crippen molar-refractivity contribution in [1.82, 2.24) is 15.2 Å². The number of alkyl halides is 1. The molecule has 5 nitrogen and oxygen atoms in total. The molecule has 0 aliphatic carbocycles. The summed E-state index contributed by atoms with van der Waals surface area (Å²) in [4.78, 5) is 10.8. The number of allylic oxidation sites excluding steroid dienone is 1. The molecule has 0 aromatic carbocycles. The molecule has 1 rings (SSSR count). The molecule has 180 valence electrons. The van der Waals surface area contributed by atoms with E-state index in [2.05, 4.69) is 59.3 Å². The van der Waals surface area contributed by atoms with Gasteiger partial charge in [0, 0.05) is 43.8 Å². The fourth-order valence-electron chi connectivity index (χ4n) is 3.68. The summed E-state index contributed by atoms with van der Waals surface area (Å²) >= 11 is 0. The Kier molecular flexibility index (Phi) is 13.5. The van der Waals surface area contributed by atoms with Crippen molar-refractivity contribution >= 4 is 12.0 Å². The van der Waals surface area contributed by atoms with Crippen LogP contribution in [0.3, 0.4) is 0 Å². The SMILES string of the molecule is C=C(C=NC)NC(CCN(CCCCc1ccc(CC)c(N)n1)CC(F)CC)C(=C)CC. The van der Waals surface area contributed by atoms with Crippen LogP contribution in [0.5, 0.6) is 0 Å². The van der Waals surface area contributed by atoms with E-state index in [0.717, 1.165) is 74.1 Å². The number of halogens is 1. The molecule has 1 heterocycles. The fourth-order valence-corrected chi connectivity index (χ4v) is 3.68. The average molecular weight is 446 g/mol. The minimum atomic E-state index is -0.805. The topological polar surface area (TPSA) is 66.5 Å². The number of nitrogens with one attached hydrogen (secondary N) is 1. The maximum absolute atomic E-state index is 14.2. The van der Waals surface area contributed by atoms with Crippen molar-refractivity contribution in [2.45, 2.75) is 77.9 Å². The number of hydrogen-bond donors (Lipinski definition) is 2. The first-order chi connectivity index (χ1) is 15.3. The van der Waals surface area contributed by atoms with Gasteiger partial charge in [0.05, 0.1) is 0 Å². The monoisotopic (exact) mass is 445 g/mol. The molecule has 0 saturated carbocycles. The van der Waals surface area contributed by atoms with Crippen molar-refractivity contribution in [1.29, 1.82) is 0 Å². The summed E-state index contributed by atoms with van der Waals surface area (Å²) in [5.74, 6) is 0.638. The zero-order valence-corrected chi connectivity index (χ0v) is 20.7. The normalized spacial score (nSPS) is 13.4.